The molecule has 0 atom stereocenters. The third kappa shape index (κ3) is 3.27. The Morgan fingerprint density at radius 2 is 1.17 bits per heavy atom. The van der Waals surface area contributed by atoms with Crippen molar-refractivity contribution in [2.24, 2.45) is 0 Å². The zero-order valence-corrected chi connectivity index (χ0v) is 17.3. The molecule has 0 spiro atoms. The summed E-state index contributed by atoms with van der Waals surface area (Å²) >= 11 is 0. The number of anilines is 2. The fourth-order valence-corrected chi connectivity index (χ4v) is 4.12. The van der Waals surface area contributed by atoms with E-state index >= 15 is 0 Å². The predicted molar refractivity (Wildman–Crippen MR) is 128 cm³/mol. The van der Waals surface area contributed by atoms with Crippen molar-refractivity contribution in [2.75, 3.05) is 11.9 Å². The first-order valence-corrected chi connectivity index (χ1v) is 10.3. The van der Waals surface area contributed by atoms with Gasteiger partial charge in [-0.05, 0) is 66.6 Å². The third-order valence-corrected chi connectivity index (χ3v) is 5.75. The summed E-state index contributed by atoms with van der Waals surface area (Å²) in [5.41, 5.74) is 8.49. The fraction of sp³-hybridized carbons (Fsp3) is 0.0714. The maximum atomic E-state index is 2.31. The Morgan fingerprint density at radius 3 is 1.87 bits per heavy atom. The van der Waals surface area contributed by atoms with Crippen molar-refractivity contribution < 1.29 is 0 Å². The van der Waals surface area contributed by atoms with Gasteiger partial charge in [0.2, 0.25) is 0 Å². The molecule has 5 rings (SSSR count). The highest BCUT2D eigenvalue weighted by Gasteiger charge is 2.09. The van der Waals surface area contributed by atoms with E-state index in [-0.39, 0.29) is 0 Å². The Hall–Kier alpha value is -3.78. The molecule has 0 saturated heterocycles. The average molecular weight is 389 g/mol. The van der Waals surface area contributed by atoms with Gasteiger partial charge in [0.25, 0.3) is 0 Å². The maximum Gasteiger partial charge on any atom is 0.0531 e. The van der Waals surface area contributed by atoms with Gasteiger partial charge in [-0.1, -0.05) is 60.7 Å². The molecule has 0 aliphatic rings. The number of aryl methyl sites for hydroxylation is 1. The highest BCUT2D eigenvalue weighted by molar-refractivity contribution is 5.83. The van der Waals surface area contributed by atoms with Gasteiger partial charge in [0.15, 0.2) is 0 Å². The Kier molecular flexibility index (Phi) is 4.61. The summed E-state index contributed by atoms with van der Waals surface area (Å²) in [7, 11) is 2.11. The van der Waals surface area contributed by atoms with Crippen LogP contribution < -0.4 is 4.90 Å². The van der Waals surface area contributed by atoms with Gasteiger partial charge >= 0.3 is 0 Å². The van der Waals surface area contributed by atoms with Crippen molar-refractivity contribution in [2.45, 2.75) is 6.92 Å². The molecule has 2 heteroatoms. The quantitative estimate of drug-likeness (QED) is 0.312. The lowest BCUT2D eigenvalue weighted by molar-refractivity contribution is 1.05. The molecule has 0 unspecified atom stereocenters. The third-order valence-electron chi connectivity index (χ3n) is 5.75. The Bertz CT molecular complexity index is 1280. The average Bonchev–Trinajstić information content (AvgIpc) is 3.15. The van der Waals surface area contributed by atoms with Crippen LogP contribution in [0.3, 0.4) is 0 Å². The van der Waals surface area contributed by atoms with Gasteiger partial charge in [0.1, 0.15) is 0 Å². The van der Waals surface area contributed by atoms with Crippen LogP contribution >= 0.6 is 0 Å². The maximum absolute atomic E-state index is 2.31. The summed E-state index contributed by atoms with van der Waals surface area (Å²) in [6, 6.07) is 38.8. The number of hydrogen-bond acceptors (Lipinski definition) is 1. The Labute approximate surface area is 177 Å². The molecule has 1 heterocycles. The number of benzene rings is 4. The molecule has 4 aromatic carbocycles. The van der Waals surface area contributed by atoms with Crippen LogP contribution in [0.5, 0.6) is 0 Å². The number of nitrogens with zero attached hydrogens (tertiary/aromatic N) is 2. The van der Waals surface area contributed by atoms with Crippen LogP contribution in [-0.2, 0) is 0 Å². The van der Waals surface area contributed by atoms with E-state index in [1.165, 1.54) is 44.8 Å². The minimum atomic E-state index is 1.17. The van der Waals surface area contributed by atoms with Crippen LogP contribution in [0.1, 0.15) is 5.69 Å². The van der Waals surface area contributed by atoms with Crippen LogP contribution in [0.2, 0.25) is 0 Å². The second kappa shape index (κ2) is 7.57. The number of rotatable bonds is 4. The van der Waals surface area contributed by atoms with Crippen molar-refractivity contribution in [3.05, 3.63) is 115 Å². The summed E-state index contributed by atoms with van der Waals surface area (Å²) < 4.78 is 2.31. The van der Waals surface area contributed by atoms with Crippen LogP contribution in [0.4, 0.5) is 11.4 Å². The summed E-state index contributed by atoms with van der Waals surface area (Å²) in [6.07, 6.45) is 0. The zero-order valence-electron chi connectivity index (χ0n) is 17.3. The van der Waals surface area contributed by atoms with E-state index in [4.69, 9.17) is 0 Å². The molecule has 146 valence electrons. The van der Waals surface area contributed by atoms with Crippen LogP contribution in [0, 0.1) is 6.92 Å². The molecule has 0 aliphatic carbocycles. The first kappa shape index (κ1) is 18.3. The first-order chi connectivity index (χ1) is 14.7. The molecule has 5 aromatic rings. The predicted octanol–water partition coefficient (Wildman–Crippen LogP) is 7.37. The van der Waals surface area contributed by atoms with Gasteiger partial charge in [-0.2, -0.15) is 0 Å². The normalized spacial score (nSPS) is 11.0. The van der Waals surface area contributed by atoms with E-state index in [9.17, 15) is 0 Å². The number of hydrogen-bond donors (Lipinski definition) is 0. The van der Waals surface area contributed by atoms with E-state index < -0.39 is 0 Å². The minimum Gasteiger partial charge on any atom is -0.345 e. The molecular formula is C28H24N2. The minimum absolute atomic E-state index is 1.17. The highest BCUT2D eigenvalue weighted by Crippen LogP contribution is 2.29. The molecule has 0 amide bonds. The topological polar surface area (TPSA) is 8.17 Å². The molecule has 1 aromatic heterocycles. The Morgan fingerprint density at radius 1 is 0.600 bits per heavy atom. The van der Waals surface area contributed by atoms with E-state index in [0.29, 0.717) is 0 Å². The molecule has 2 nitrogen and oxygen atoms in total. The van der Waals surface area contributed by atoms with Crippen LogP contribution in [0.25, 0.3) is 27.7 Å². The number of para-hydroxylation sites is 1. The fourth-order valence-electron chi connectivity index (χ4n) is 4.12. The van der Waals surface area contributed by atoms with Gasteiger partial charge in [-0.15, -0.1) is 0 Å². The van der Waals surface area contributed by atoms with E-state index in [1.807, 2.05) is 6.07 Å². The molecule has 0 aliphatic heterocycles. The van der Waals surface area contributed by atoms with Crippen LogP contribution in [-0.4, -0.2) is 11.6 Å². The van der Waals surface area contributed by atoms with Crippen molar-refractivity contribution in [1.29, 1.82) is 0 Å². The highest BCUT2D eigenvalue weighted by atomic mass is 15.1. The lowest BCUT2D eigenvalue weighted by Crippen LogP contribution is -2.09. The number of fused-ring (bicyclic) bond motifs is 1. The SMILES string of the molecule is Cc1cc2ccccc2n1-c1ccc(N(C)c2ccc(-c3ccccc3)cc2)cc1. The van der Waals surface area contributed by atoms with Crippen LogP contribution in [0.15, 0.2) is 109 Å². The summed E-state index contributed by atoms with van der Waals surface area (Å²) in [4.78, 5) is 2.22. The van der Waals surface area contributed by atoms with Gasteiger partial charge in [-0.25, -0.2) is 0 Å². The lowest BCUT2D eigenvalue weighted by Gasteiger charge is -2.20. The van der Waals surface area contributed by atoms with Crippen molar-refractivity contribution in [3.63, 3.8) is 0 Å². The standard InChI is InChI=1S/C28H24N2/c1-21-20-24-10-6-7-11-28(24)30(21)27-18-16-26(17-19-27)29(2)25-14-12-23(13-15-25)22-8-4-3-5-9-22/h3-20H,1-2H3. The molecule has 0 radical (unpaired) electrons. The Balaban J connectivity index is 1.42. The molecule has 0 bridgehead atoms. The monoisotopic (exact) mass is 388 g/mol. The first-order valence-electron chi connectivity index (χ1n) is 10.3. The van der Waals surface area contributed by atoms with E-state index in [0.717, 1.165) is 0 Å². The molecular weight excluding hydrogens is 364 g/mol. The smallest absolute Gasteiger partial charge is 0.0531 e. The molecule has 0 N–H and O–H groups in total. The second-order valence-corrected chi connectivity index (χ2v) is 7.67. The number of aromatic nitrogens is 1. The summed E-state index contributed by atoms with van der Waals surface area (Å²) in [5.74, 6) is 0. The van der Waals surface area contributed by atoms with E-state index in [2.05, 4.69) is 127 Å². The van der Waals surface area contributed by atoms with Crippen molar-refractivity contribution in [1.82, 2.24) is 4.57 Å². The van der Waals surface area contributed by atoms with Gasteiger partial charge in [0, 0.05) is 35.2 Å². The lowest BCUT2D eigenvalue weighted by atomic mass is 10.1. The van der Waals surface area contributed by atoms with Gasteiger partial charge in [0.05, 0.1) is 5.52 Å². The van der Waals surface area contributed by atoms with Gasteiger partial charge in [-0.3, -0.25) is 0 Å². The van der Waals surface area contributed by atoms with Crippen molar-refractivity contribution in [3.8, 4) is 16.8 Å². The largest absolute Gasteiger partial charge is 0.345 e. The summed E-state index contributed by atoms with van der Waals surface area (Å²) in [5, 5.41) is 1.27. The van der Waals surface area contributed by atoms with Crippen molar-refractivity contribution >= 4 is 22.3 Å². The molecule has 0 fully saturated rings. The van der Waals surface area contributed by atoms with E-state index in [1.54, 1.807) is 0 Å². The van der Waals surface area contributed by atoms with Gasteiger partial charge < -0.3 is 9.47 Å². The molecule has 30 heavy (non-hydrogen) atoms. The zero-order chi connectivity index (χ0) is 20.5. The second-order valence-electron chi connectivity index (χ2n) is 7.67. The molecule has 0 saturated carbocycles. The summed E-state index contributed by atoms with van der Waals surface area (Å²) in [6.45, 7) is 2.16.